The summed E-state index contributed by atoms with van der Waals surface area (Å²) in [5.74, 6) is 6.47. The van der Waals surface area contributed by atoms with Gasteiger partial charge in [-0.15, -0.1) is 21.5 Å². The molecular weight excluding hydrogens is 386 g/mol. The Morgan fingerprint density at radius 3 is 2.89 bits per heavy atom. The highest BCUT2D eigenvalue weighted by Crippen LogP contribution is 2.40. The molecule has 1 atom stereocenters. The number of hydrogen-bond donors (Lipinski definition) is 2. The predicted octanol–water partition coefficient (Wildman–Crippen LogP) is 2.39. The number of fused-ring (bicyclic) bond motifs is 1. The fourth-order valence-electron chi connectivity index (χ4n) is 3.00. The zero-order valence-electron chi connectivity index (χ0n) is 15.6. The number of anilines is 1. The molecule has 2 aromatic heterocycles. The number of amides is 1. The Labute approximate surface area is 165 Å². The Balaban J connectivity index is 1.76. The molecule has 8 nitrogen and oxygen atoms in total. The minimum Gasteiger partial charge on any atom is -0.462 e. The number of thiophene rings is 1. The van der Waals surface area contributed by atoms with Crippen LogP contribution in [0.2, 0.25) is 0 Å². The molecule has 0 bridgehead atoms. The molecule has 1 aliphatic carbocycles. The monoisotopic (exact) mass is 409 g/mol. The van der Waals surface area contributed by atoms with Crippen LogP contribution in [0.25, 0.3) is 0 Å². The Morgan fingerprint density at radius 1 is 1.44 bits per heavy atom. The van der Waals surface area contributed by atoms with Gasteiger partial charge in [-0.3, -0.25) is 4.79 Å². The van der Waals surface area contributed by atoms with Gasteiger partial charge in [0.25, 0.3) is 0 Å². The molecule has 2 heterocycles. The van der Waals surface area contributed by atoms with Crippen LogP contribution in [0.5, 0.6) is 0 Å². The molecule has 0 radical (unpaired) electrons. The smallest absolute Gasteiger partial charge is 0.341 e. The highest BCUT2D eigenvalue weighted by atomic mass is 32.2. The normalized spacial score (nSPS) is 16.0. The minimum absolute atomic E-state index is 0.122. The van der Waals surface area contributed by atoms with Crippen molar-refractivity contribution in [1.29, 1.82) is 0 Å². The molecule has 0 unspecified atom stereocenters. The number of aryl methyl sites for hydroxylation is 1. The number of nitrogen functional groups attached to an aromatic ring is 1. The highest BCUT2D eigenvalue weighted by Gasteiger charge is 2.29. The number of aromatic nitrogens is 3. The maximum absolute atomic E-state index is 12.5. The lowest BCUT2D eigenvalue weighted by atomic mass is 9.88. The molecule has 0 saturated heterocycles. The lowest BCUT2D eigenvalue weighted by Gasteiger charge is -2.18. The molecule has 3 N–H and O–H groups in total. The average Bonchev–Trinajstić information content (AvgIpc) is 3.13. The third-order valence-corrected chi connectivity index (χ3v) is 6.52. The second-order valence-corrected chi connectivity index (χ2v) is 8.56. The predicted molar refractivity (Wildman–Crippen MR) is 106 cm³/mol. The van der Waals surface area contributed by atoms with E-state index in [1.807, 2.05) is 0 Å². The second kappa shape index (κ2) is 8.30. The van der Waals surface area contributed by atoms with E-state index in [-0.39, 0.29) is 17.6 Å². The molecule has 0 aromatic carbocycles. The van der Waals surface area contributed by atoms with E-state index in [0.29, 0.717) is 34.1 Å². The third-order valence-electron chi connectivity index (χ3n) is 4.41. The number of esters is 1. The molecule has 3 rings (SSSR count). The summed E-state index contributed by atoms with van der Waals surface area (Å²) in [7, 11) is 0. The van der Waals surface area contributed by atoms with Crippen molar-refractivity contribution in [2.45, 2.75) is 45.2 Å². The van der Waals surface area contributed by atoms with Crippen LogP contribution in [-0.4, -0.2) is 39.1 Å². The summed E-state index contributed by atoms with van der Waals surface area (Å²) in [5, 5.41) is 11.7. The Bertz CT molecular complexity index is 861. The van der Waals surface area contributed by atoms with Crippen molar-refractivity contribution in [3.05, 3.63) is 21.8 Å². The Hall–Kier alpha value is -2.07. The Morgan fingerprint density at radius 2 is 2.22 bits per heavy atom. The fraction of sp³-hybridized carbons (Fsp3) is 0.529. The molecule has 1 aliphatic rings. The molecule has 27 heavy (non-hydrogen) atoms. The molecule has 10 heteroatoms. The quantitative estimate of drug-likeness (QED) is 0.428. The van der Waals surface area contributed by atoms with Gasteiger partial charge in [0, 0.05) is 4.88 Å². The van der Waals surface area contributed by atoms with Crippen molar-refractivity contribution in [3.63, 3.8) is 0 Å². The van der Waals surface area contributed by atoms with E-state index in [2.05, 4.69) is 22.4 Å². The third kappa shape index (κ3) is 4.27. The van der Waals surface area contributed by atoms with Crippen molar-refractivity contribution in [3.8, 4) is 0 Å². The van der Waals surface area contributed by atoms with Crippen LogP contribution in [0.15, 0.2) is 5.16 Å². The van der Waals surface area contributed by atoms with Gasteiger partial charge in [0.15, 0.2) is 0 Å². The van der Waals surface area contributed by atoms with Crippen LogP contribution < -0.4 is 11.2 Å². The van der Waals surface area contributed by atoms with Crippen molar-refractivity contribution in [2.24, 2.45) is 5.92 Å². The van der Waals surface area contributed by atoms with Gasteiger partial charge in [-0.25, -0.2) is 9.47 Å². The number of rotatable bonds is 6. The summed E-state index contributed by atoms with van der Waals surface area (Å²) in [6.45, 7) is 6.01. The zero-order chi connectivity index (χ0) is 19.6. The molecule has 0 spiro atoms. The summed E-state index contributed by atoms with van der Waals surface area (Å²) >= 11 is 2.67. The van der Waals surface area contributed by atoms with Gasteiger partial charge < -0.3 is 15.9 Å². The first-order valence-corrected chi connectivity index (χ1v) is 10.6. The Kier molecular flexibility index (Phi) is 6.05. The van der Waals surface area contributed by atoms with E-state index in [9.17, 15) is 9.59 Å². The molecular formula is C17H23N5O3S2. The summed E-state index contributed by atoms with van der Waals surface area (Å²) in [4.78, 5) is 26.1. The maximum Gasteiger partial charge on any atom is 0.341 e. The number of nitrogens with one attached hydrogen (secondary N) is 1. The van der Waals surface area contributed by atoms with Crippen molar-refractivity contribution >= 4 is 40.0 Å². The van der Waals surface area contributed by atoms with Crippen LogP contribution in [-0.2, 0) is 22.4 Å². The lowest BCUT2D eigenvalue weighted by molar-refractivity contribution is -0.113. The van der Waals surface area contributed by atoms with Gasteiger partial charge in [0.2, 0.25) is 11.1 Å². The number of hydrogen-bond acceptors (Lipinski definition) is 8. The van der Waals surface area contributed by atoms with Crippen molar-refractivity contribution in [2.75, 3.05) is 23.5 Å². The van der Waals surface area contributed by atoms with E-state index >= 15 is 0 Å². The number of nitrogens with two attached hydrogens (primary N) is 1. The summed E-state index contributed by atoms with van der Waals surface area (Å²) in [6.07, 6.45) is 2.79. The van der Waals surface area contributed by atoms with Gasteiger partial charge in [-0.1, -0.05) is 18.7 Å². The molecule has 0 saturated carbocycles. The number of carbonyl (C=O) groups excluding carboxylic acids is 2. The maximum atomic E-state index is 12.5. The first-order valence-electron chi connectivity index (χ1n) is 8.82. The average molecular weight is 410 g/mol. The molecule has 0 aliphatic heterocycles. The summed E-state index contributed by atoms with van der Waals surface area (Å²) < 4.78 is 6.56. The molecule has 2 aromatic rings. The number of nitrogens with zero attached hydrogens (tertiary/aromatic N) is 3. The van der Waals surface area contributed by atoms with Crippen molar-refractivity contribution < 1.29 is 14.3 Å². The number of ether oxygens (including phenoxy) is 1. The largest absolute Gasteiger partial charge is 0.462 e. The first kappa shape index (κ1) is 19.7. The lowest BCUT2D eigenvalue weighted by Crippen LogP contribution is -2.18. The second-order valence-electron chi connectivity index (χ2n) is 6.51. The SMILES string of the molecule is CCOC(=O)c1c(NC(=O)CSc2nnc(C)n2N)sc2c1CC[C@H](C)C2. The fourth-order valence-corrected chi connectivity index (χ4v) is 5.12. The topological polar surface area (TPSA) is 112 Å². The van der Waals surface area contributed by atoms with Crippen LogP contribution in [0, 0.1) is 12.8 Å². The van der Waals surface area contributed by atoms with E-state index in [4.69, 9.17) is 10.6 Å². The highest BCUT2D eigenvalue weighted by molar-refractivity contribution is 7.99. The van der Waals surface area contributed by atoms with Crippen LogP contribution in [0.4, 0.5) is 5.00 Å². The van der Waals surface area contributed by atoms with Crippen LogP contribution >= 0.6 is 23.1 Å². The molecule has 146 valence electrons. The van der Waals surface area contributed by atoms with Crippen LogP contribution in [0.1, 0.15) is 46.9 Å². The van der Waals surface area contributed by atoms with Gasteiger partial charge in [-0.2, -0.15) is 0 Å². The van der Waals surface area contributed by atoms with Gasteiger partial charge in [0.1, 0.15) is 10.8 Å². The van der Waals surface area contributed by atoms with Crippen LogP contribution in [0.3, 0.4) is 0 Å². The molecule has 0 fully saturated rings. The van der Waals surface area contributed by atoms with Gasteiger partial charge >= 0.3 is 5.97 Å². The van der Waals surface area contributed by atoms with Gasteiger partial charge in [0.05, 0.1) is 17.9 Å². The van der Waals surface area contributed by atoms with E-state index in [1.54, 1.807) is 13.8 Å². The summed E-state index contributed by atoms with van der Waals surface area (Å²) in [5.41, 5.74) is 1.54. The molecule has 1 amide bonds. The number of thioether (sulfide) groups is 1. The summed E-state index contributed by atoms with van der Waals surface area (Å²) in [6, 6.07) is 0. The minimum atomic E-state index is -0.371. The van der Waals surface area contributed by atoms with E-state index < -0.39 is 0 Å². The van der Waals surface area contributed by atoms with E-state index in [0.717, 1.165) is 29.7 Å². The van der Waals surface area contributed by atoms with Crippen molar-refractivity contribution in [1.82, 2.24) is 14.9 Å². The number of carbonyl (C=O) groups is 2. The van der Waals surface area contributed by atoms with E-state index in [1.165, 1.54) is 27.8 Å². The van der Waals surface area contributed by atoms with Gasteiger partial charge in [-0.05, 0) is 44.6 Å². The zero-order valence-corrected chi connectivity index (χ0v) is 17.2. The standard InChI is InChI=1S/C17H23N5O3S2/c1-4-25-16(24)14-11-6-5-9(2)7-12(11)27-15(14)19-13(23)8-26-17-21-20-10(3)22(17)18/h9H,4-8,18H2,1-3H3,(H,19,23)/t9-/m0/s1. The first-order chi connectivity index (χ1) is 12.9.